The Morgan fingerprint density at radius 3 is 2.54 bits per heavy atom. The first-order valence-electron chi connectivity index (χ1n) is 11.3. The second-order valence-electron chi connectivity index (χ2n) is 8.98. The van der Waals surface area contributed by atoms with Crippen molar-refractivity contribution in [3.63, 3.8) is 0 Å². The number of carbonyl (C=O) groups excluding carboxylic acids is 2. The summed E-state index contributed by atoms with van der Waals surface area (Å²) < 4.78 is 18.4. The average Bonchev–Trinajstić information content (AvgIpc) is 3.02. The number of hydrogen-bond acceptors (Lipinski definition) is 3. The van der Waals surface area contributed by atoms with Gasteiger partial charge in [0.2, 0.25) is 0 Å². The Kier molecular flexibility index (Phi) is 6.31. The highest BCUT2D eigenvalue weighted by molar-refractivity contribution is 9.10. The number of benzene rings is 2. The molecule has 0 N–H and O–H groups in total. The van der Waals surface area contributed by atoms with Crippen LogP contribution in [0.3, 0.4) is 0 Å². The molecule has 35 heavy (non-hydrogen) atoms. The maximum absolute atomic E-state index is 14.9. The van der Waals surface area contributed by atoms with Crippen molar-refractivity contribution in [2.45, 2.75) is 45.3 Å². The molecule has 182 valence electrons. The number of fused-ring (bicyclic) bond motifs is 3. The van der Waals surface area contributed by atoms with Crippen LogP contribution in [0.5, 0.6) is 0 Å². The summed E-state index contributed by atoms with van der Waals surface area (Å²) in [5.74, 6) is -0.662. The van der Waals surface area contributed by atoms with Gasteiger partial charge in [-0.3, -0.25) is 18.7 Å². The number of rotatable bonds is 3. The van der Waals surface area contributed by atoms with E-state index in [1.807, 2.05) is 37.3 Å². The highest BCUT2D eigenvalue weighted by atomic mass is 79.9. The molecular weight excluding hydrogens is 539 g/mol. The first-order chi connectivity index (χ1) is 16.7. The molecule has 2 aromatic carbocycles. The fraction of sp³-hybridized carbons (Fsp3) is 0.320. The van der Waals surface area contributed by atoms with Gasteiger partial charge in [-0.05, 0) is 46.6 Å². The molecule has 0 saturated carbocycles. The average molecular weight is 562 g/mol. The molecule has 7 nitrogen and oxygen atoms in total. The Balaban J connectivity index is 1.52. The molecule has 0 unspecified atom stereocenters. The van der Waals surface area contributed by atoms with Crippen LogP contribution in [-0.2, 0) is 26.2 Å². The van der Waals surface area contributed by atoms with Gasteiger partial charge in [0.1, 0.15) is 11.9 Å². The molecule has 2 atom stereocenters. The van der Waals surface area contributed by atoms with Crippen molar-refractivity contribution in [3.05, 3.63) is 91.0 Å². The van der Waals surface area contributed by atoms with Gasteiger partial charge in [0.15, 0.2) is 0 Å². The number of nitrogens with zero attached hydrogens (tertiary/aromatic N) is 4. The Hall–Kier alpha value is -2.91. The Morgan fingerprint density at radius 1 is 1.09 bits per heavy atom. The second kappa shape index (κ2) is 9.28. The van der Waals surface area contributed by atoms with Crippen LogP contribution in [0.25, 0.3) is 0 Å². The van der Waals surface area contributed by atoms with Gasteiger partial charge in [-0.1, -0.05) is 41.9 Å². The van der Waals surface area contributed by atoms with Crippen LogP contribution in [0.1, 0.15) is 39.0 Å². The minimum Gasteiger partial charge on any atom is -0.330 e. The lowest BCUT2D eigenvalue weighted by molar-refractivity contribution is 0.0600. The van der Waals surface area contributed by atoms with Crippen molar-refractivity contribution in [1.82, 2.24) is 18.9 Å². The van der Waals surface area contributed by atoms with Gasteiger partial charge in [0, 0.05) is 29.2 Å². The molecule has 0 bridgehead atoms. The van der Waals surface area contributed by atoms with Crippen molar-refractivity contribution < 1.29 is 14.0 Å². The van der Waals surface area contributed by atoms with Crippen molar-refractivity contribution in [1.29, 1.82) is 0 Å². The molecule has 0 spiro atoms. The third-order valence-corrected chi connectivity index (χ3v) is 7.79. The summed E-state index contributed by atoms with van der Waals surface area (Å²) in [6, 6.07) is 14.0. The molecule has 1 aromatic heterocycles. The predicted octanol–water partition coefficient (Wildman–Crippen LogP) is 4.10. The van der Waals surface area contributed by atoms with Crippen LogP contribution in [0.4, 0.5) is 4.39 Å². The summed E-state index contributed by atoms with van der Waals surface area (Å²) in [6.45, 7) is 2.05. The molecule has 0 fully saturated rings. The van der Waals surface area contributed by atoms with Gasteiger partial charge in [-0.25, -0.2) is 9.18 Å². The summed E-state index contributed by atoms with van der Waals surface area (Å²) in [6.07, 6.45) is -1.38. The third kappa shape index (κ3) is 4.31. The van der Waals surface area contributed by atoms with Crippen LogP contribution in [-0.4, -0.2) is 49.5 Å². The number of imidazole rings is 1. The quantitative estimate of drug-likeness (QED) is 0.484. The Labute approximate surface area is 214 Å². The summed E-state index contributed by atoms with van der Waals surface area (Å²) in [5.41, 5.74) is 1.45. The molecule has 3 aromatic rings. The van der Waals surface area contributed by atoms with Gasteiger partial charge in [0.25, 0.3) is 11.8 Å². The third-order valence-electron chi connectivity index (χ3n) is 6.56. The van der Waals surface area contributed by atoms with E-state index in [-0.39, 0.29) is 50.4 Å². The minimum atomic E-state index is -1.38. The highest BCUT2D eigenvalue weighted by Gasteiger charge is 2.38. The van der Waals surface area contributed by atoms with Crippen molar-refractivity contribution in [2.75, 3.05) is 6.54 Å². The topological polar surface area (TPSA) is 67.6 Å². The number of amides is 2. The fourth-order valence-electron chi connectivity index (χ4n) is 4.81. The Morgan fingerprint density at radius 2 is 1.83 bits per heavy atom. The van der Waals surface area contributed by atoms with E-state index in [9.17, 15) is 18.8 Å². The SMILES string of the molecule is C[C@@H]1Cn2c(c3n(c2=O)C[C@@H](F)CN(Cc2ccccc2)C3=O)CN1C(=O)c1ccc(Br)c(Cl)c1. The standard InChI is InChI=1S/C25H23BrClFN4O3/c1-15-10-31-21(14-30(15)23(33)17-7-8-19(26)20(27)9-17)22-24(34)29(11-16-5-3-2-4-6-16)12-18(28)13-32(22)25(31)35/h2-9,15,18H,10-14H2,1H3/t15-,18+/m1/s1. The van der Waals surface area contributed by atoms with Crippen LogP contribution in [0.2, 0.25) is 5.02 Å². The number of halogens is 3. The summed E-state index contributed by atoms with van der Waals surface area (Å²) >= 11 is 9.52. The number of carbonyl (C=O) groups is 2. The van der Waals surface area contributed by atoms with E-state index in [4.69, 9.17) is 11.6 Å². The fourth-order valence-corrected chi connectivity index (χ4v) is 5.24. The Bertz CT molecular complexity index is 1370. The van der Waals surface area contributed by atoms with Crippen LogP contribution < -0.4 is 5.69 Å². The maximum atomic E-state index is 14.9. The number of alkyl halides is 1. The molecule has 0 aliphatic carbocycles. The lowest BCUT2D eigenvalue weighted by Crippen LogP contribution is -2.47. The summed E-state index contributed by atoms with van der Waals surface area (Å²) in [4.78, 5) is 43.3. The lowest BCUT2D eigenvalue weighted by atomic mass is 10.1. The zero-order valence-electron chi connectivity index (χ0n) is 19.0. The summed E-state index contributed by atoms with van der Waals surface area (Å²) in [7, 11) is 0. The van der Waals surface area contributed by atoms with Crippen LogP contribution in [0.15, 0.2) is 57.8 Å². The van der Waals surface area contributed by atoms with Crippen molar-refractivity contribution in [2.24, 2.45) is 0 Å². The number of aromatic nitrogens is 2. The monoisotopic (exact) mass is 560 g/mol. The van der Waals surface area contributed by atoms with E-state index in [0.717, 1.165) is 5.56 Å². The first-order valence-corrected chi connectivity index (χ1v) is 12.5. The predicted molar refractivity (Wildman–Crippen MR) is 133 cm³/mol. The van der Waals surface area contributed by atoms with Crippen molar-refractivity contribution >= 4 is 39.3 Å². The van der Waals surface area contributed by atoms with E-state index < -0.39 is 17.8 Å². The smallest absolute Gasteiger partial charge is 0.329 e. The molecule has 3 heterocycles. The van der Waals surface area contributed by atoms with E-state index in [1.54, 1.807) is 23.1 Å². The largest absolute Gasteiger partial charge is 0.330 e. The highest BCUT2D eigenvalue weighted by Crippen LogP contribution is 2.28. The summed E-state index contributed by atoms with van der Waals surface area (Å²) in [5, 5.41) is 0.413. The molecule has 2 aliphatic heterocycles. The van der Waals surface area contributed by atoms with E-state index >= 15 is 0 Å². The van der Waals surface area contributed by atoms with E-state index in [0.29, 0.717) is 20.8 Å². The maximum Gasteiger partial charge on any atom is 0.329 e. The zero-order valence-corrected chi connectivity index (χ0v) is 21.3. The molecule has 2 aliphatic rings. The zero-order chi connectivity index (χ0) is 24.9. The second-order valence-corrected chi connectivity index (χ2v) is 10.2. The lowest BCUT2D eigenvalue weighted by Gasteiger charge is -2.34. The molecule has 2 amide bonds. The number of hydrogen-bond donors (Lipinski definition) is 0. The first kappa shape index (κ1) is 23.8. The van der Waals surface area contributed by atoms with E-state index in [1.165, 1.54) is 14.0 Å². The van der Waals surface area contributed by atoms with Gasteiger partial charge in [-0.2, -0.15) is 0 Å². The molecule has 0 saturated heterocycles. The van der Waals surface area contributed by atoms with Crippen LogP contribution in [0, 0.1) is 0 Å². The molecular formula is C25H23BrClFN4O3. The minimum absolute atomic E-state index is 0.0626. The molecule has 10 heteroatoms. The van der Waals surface area contributed by atoms with Gasteiger partial charge in [0.05, 0.1) is 30.4 Å². The van der Waals surface area contributed by atoms with Crippen molar-refractivity contribution in [3.8, 4) is 0 Å². The molecule has 5 rings (SSSR count). The van der Waals surface area contributed by atoms with Gasteiger partial charge in [-0.15, -0.1) is 0 Å². The molecule has 0 radical (unpaired) electrons. The van der Waals surface area contributed by atoms with E-state index in [2.05, 4.69) is 15.9 Å². The van der Waals surface area contributed by atoms with Crippen LogP contribution >= 0.6 is 27.5 Å². The van der Waals surface area contributed by atoms with Gasteiger partial charge < -0.3 is 9.80 Å². The normalized spacial score (nSPS) is 19.8. The van der Waals surface area contributed by atoms with Gasteiger partial charge >= 0.3 is 5.69 Å².